The molecule has 0 fully saturated rings. The van der Waals surface area contributed by atoms with Gasteiger partial charge in [-0.2, -0.15) is 0 Å². The molecular weight excluding hydrogens is 649 g/mol. The van der Waals surface area contributed by atoms with Gasteiger partial charge in [0.1, 0.15) is 0 Å². The van der Waals surface area contributed by atoms with E-state index in [-0.39, 0.29) is 9.79 Å². The highest BCUT2D eigenvalue weighted by Crippen LogP contribution is 2.47. The third kappa shape index (κ3) is 5.31. The average Bonchev–Trinajstić information content (AvgIpc) is 3.21. The number of aromatic nitrogens is 4. The lowest BCUT2D eigenvalue weighted by molar-refractivity contribution is 0.596. The van der Waals surface area contributed by atoms with E-state index in [2.05, 4.69) is 29.2 Å². The van der Waals surface area contributed by atoms with Crippen molar-refractivity contribution in [2.45, 2.75) is 9.79 Å². The minimum absolute atomic E-state index is 0.226. The van der Waals surface area contributed by atoms with Crippen LogP contribution in [0.15, 0.2) is 180 Å². The van der Waals surface area contributed by atoms with Gasteiger partial charge in [0, 0.05) is 40.2 Å². The zero-order chi connectivity index (χ0) is 34.4. The van der Waals surface area contributed by atoms with E-state index in [4.69, 9.17) is 15.0 Å². The molecule has 0 spiro atoms. The second-order valence-corrected chi connectivity index (χ2v) is 14.1. The van der Waals surface area contributed by atoms with Gasteiger partial charge in [0.25, 0.3) is 0 Å². The van der Waals surface area contributed by atoms with Gasteiger partial charge in [-0.05, 0) is 63.7 Å². The molecule has 0 amide bonds. The predicted molar refractivity (Wildman–Crippen MR) is 201 cm³/mol. The van der Waals surface area contributed by atoms with Gasteiger partial charge >= 0.3 is 0 Å². The summed E-state index contributed by atoms with van der Waals surface area (Å²) in [6.07, 6.45) is 3.45. The van der Waals surface area contributed by atoms with Crippen LogP contribution in [-0.2, 0) is 9.84 Å². The van der Waals surface area contributed by atoms with Gasteiger partial charge in [-0.25, -0.2) is 23.4 Å². The first-order valence-corrected chi connectivity index (χ1v) is 18.0. The van der Waals surface area contributed by atoms with Crippen LogP contribution in [0.25, 0.3) is 78.7 Å². The monoisotopic (exact) mass is 676 g/mol. The van der Waals surface area contributed by atoms with Crippen LogP contribution in [-0.4, -0.2) is 28.4 Å². The van der Waals surface area contributed by atoms with Crippen molar-refractivity contribution in [2.24, 2.45) is 0 Å². The van der Waals surface area contributed by atoms with Gasteiger partial charge in [-0.3, -0.25) is 4.98 Å². The highest BCUT2D eigenvalue weighted by atomic mass is 32.2. The molecule has 51 heavy (non-hydrogen) atoms. The summed E-state index contributed by atoms with van der Waals surface area (Å²) < 4.78 is 29.7. The van der Waals surface area contributed by atoms with E-state index in [9.17, 15) is 8.42 Å². The molecule has 0 aliphatic carbocycles. The maximum absolute atomic E-state index is 14.9. The SMILES string of the molecule is O=S1(=O)c2ccccc2-c2ccccc2-c2ccccc2-c2ccc(-c3nc(-c4ccccc4)nc(-c4cccnc4)n3)cc2-c2ccccc21. The van der Waals surface area contributed by atoms with Crippen molar-refractivity contribution >= 4 is 9.84 Å². The average molecular weight is 677 g/mol. The number of hydrogen-bond donors (Lipinski definition) is 0. The maximum Gasteiger partial charge on any atom is 0.207 e. The maximum atomic E-state index is 14.9. The standard InChI is InChI=1S/C44H28N4O2S/c49-51(50)40-22-10-8-20-37(40)35-19-7-6-17-33(35)32-16-4-5-18-34(32)36-25-24-30(27-39(36)38-21-9-11-23-41(38)51)43-46-42(29-13-2-1-3-14-29)47-44(48-43)31-15-12-26-45-28-31/h1-28H. The van der Waals surface area contributed by atoms with Gasteiger partial charge in [-0.15, -0.1) is 0 Å². The van der Waals surface area contributed by atoms with Crippen molar-refractivity contribution in [3.05, 3.63) is 170 Å². The first kappa shape index (κ1) is 30.5. The first-order valence-electron chi connectivity index (χ1n) is 16.6. The fourth-order valence-electron chi connectivity index (χ4n) is 6.86. The van der Waals surface area contributed by atoms with E-state index in [0.717, 1.165) is 50.1 Å². The molecule has 0 unspecified atom stereocenters. The van der Waals surface area contributed by atoms with Crippen LogP contribution >= 0.6 is 0 Å². The number of rotatable bonds is 3. The fourth-order valence-corrected chi connectivity index (χ4v) is 8.55. The molecule has 0 radical (unpaired) electrons. The Hall–Kier alpha value is -6.57. The second kappa shape index (κ2) is 12.4. The van der Waals surface area contributed by atoms with Crippen molar-refractivity contribution in [3.8, 4) is 78.7 Å². The van der Waals surface area contributed by atoms with E-state index in [1.54, 1.807) is 36.7 Å². The number of benzene rings is 6. The molecule has 0 saturated heterocycles. The summed E-state index contributed by atoms with van der Waals surface area (Å²) in [5, 5.41) is 0. The van der Waals surface area contributed by atoms with Gasteiger partial charge in [-0.1, -0.05) is 127 Å². The molecule has 242 valence electrons. The Bertz CT molecular complexity index is 2660. The molecule has 6 nitrogen and oxygen atoms in total. The predicted octanol–water partition coefficient (Wildman–Crippen LogP) is 10.1. The summed E-state index contributed by atoms with van der Waals surface area (Å²) in [6, 6.07) is 50.4. The molecule has 0 bridgehead atoms. The van der Waals surface area contributed by atoms with Crippen molar-refractivity contribution in [1.29, 1.82) is 0 Å². The number of nitrogens with zero attached hydrogens (tertiary/aromatic N) is 4. The number of pyridine rings is 1. The fraction of sp³-hybridized carbons (Fsp3) is 0. The number of sulfone groups is 1. The van der Waals surface area contributed by atoms with E-state index in [1.165, 1.54) is 0 Å². The highest BCUT2D eigenvalue weighted by Gasteiger charge is 2.29. The van der Waals surface area contributed by atoms with Crippen molar-refractivity contribution in [1.82, 2.24) is 19.9 Å². The number of fused-ring (bicyclic) bond motifs is 9. The zero-order valence-electron chi connectivity index (χ0n) is 27.2. The largest absolute Gasteiger partial charge is 0.264 e. The summed E-state index contributed by atoms with van der Waals surface area (Å²) >= 11 is 0. The topological polar surface area (TPSA) is 85.7 Å². The molecule has 0 saturated carbocycles. The van der Waals surface area contributed by atoms with E-state index in [1.807, 2.05) is 109 Å². The molecule has 8 aromatic rings. The number of hydrogen-bond acceptors (Lipinski definition) is 6. The zero-order valence-corrected chi connectivity index (χ0v) is 28.0. The molecule has 6 aromatic carbocycles. The minimum Gasteiger partial charge on any atom is -0.264 e. The Labute approximate surface area is 295 Å². The van der Waals surface area contributed by atoms with Crippen molar-refractivity contribution in [2.75, 3.05) is 0 Å². The lowest BCUT2D eigenvalue weighted by atomic mass is 9.86. The van der Waals surface area contributed by atoms with Crippen LogP contribution in [0.2, 0.25) is 0 Å². The van der Waals surface area contributed by atoms with Crippen LogP contribution in [0.3, 0.4) is 0 Å². The minimum atomic E-state index is -4.00. The summed E-state index contributed by atoms with van der Waals surface area (Å²) in [6.45, 7) is 0. The lowest BCUT2D eigenvalue weighted by Crippen LogP contribution is -2.06. The Morgan fingerprint density at radius 2 is 0.784 bits per heavy atom. The van der Waals surface area contributed by atoms with Gasteiger partial charge in [0.05, 0.1) is 9.79 Å². The van der Waals surface area contributed by atoms with E-state index < -0.39 is 9.84 Å². The summed E-state index contributed by atoms with van der Waals surface area (Å²) in [5.74, 6) is 1.48. The molecule has 3 heterocycles. The van der Waals surface area contributed by atoms with Crippen LogP contribution in [0.1, 0.15) is 0 Å². The van der Waals surface area contributed by atoms with Crippen molar-refractivity contribution < 1.29 is 8.42 Å². The molecular formula is C44H28N4O2S. The van der Waals surface area contributed by atoms with Gasteiger partial charge in [0.15, 0.2) is 17.5 Å². The van der Waals surface area contributed by atoms with Crippen LogP contribution in [0.5, 0.6) is 0 Å². The van der Waals surface area contributed by atoms with Crippen LogP contribution < -0.4 is 0 Å². The first-order chi connectivity index (χ1) is 25.1. The molecule has 1 aliphatic heterocycles. The van der Waals surface area contributed by atoms with E-state index >= 15 is 0 Å². The summed E-state index contributed by atoms with van der Waals surface area (Å²) in [7, 11) is -4.00. The highest BCUT2D eigenvalue weighted by molar-refractivity contribution is 7.91. The third-order valence-electron chi connectivity index (χ3n) is 9.23. The molecule has 0 atom stereocenters. The normalized spacial score (nSPS) is 12.6. The molecule has 1 aliphatic rings. The molecule has 9 rings (SSSR count). The summed E-state index contributed by atoms with van der Waals surface area (Å²) in [4.78, 5) is 19.5. The van der Waals surface area contributed by atoms with Crippen LogP contribution in [0, 0.1) is 0 Å². The Kier molecular flexibility index (Phi) is 7.41. The molecule has 7 heteroatoms. The van der Waals surface area contributed by atoms with Gasteiger partial charge < -0.3 is 0 Å². The second-order valence-electron chi connectivity index (χ2n) is 12.3. The summed E-state index contributed by atoms with van der Waals surface area (Å²) in [5.41, 5.74) is 9.00. The third-order valence-corrected chi connectivity index (χ3v) is 11.1. The lowest BCUT2D eigenvalue weighted by Gasteiger charge is -2.18. The smallest absolute Gasteiger partial charge is 0.207 e. The van der Waals surface area contributed by atoms with Crippen LogP contribution in [0.4, 0.5) is 0 Å². The van der Waals surface area contributed by atoms with Crippen molar-refractivity contribution in [3.63, 3.8) is 0 Å². The molecule has 0 N–H and O–H groups in total. The van der Waals surface area contributed by atoms with Gasteiger partial charge in [0.2, 0.25) is 9.84 Å². The van der Waals surface area contributed by atoms with E-state index in [0.29, 0.717) is 28.6 Å². The quantitative estimate of drug-likeness (QED) is 0.185. The Morgan fingerprint density at radius 1 is 0.353 bits per heavy atom. The Morgan fingerprint density at radius 3 is 1.35 bits per heavy atom. The molecule has 2 aromatic heterocycles. The Balaban J connectivity index is 1.36.